The van der Waals surface area contributed by atoms with Crippen molar-refractivity contribution in [1.82, 2.24) is 10.6 Å². The minimum Gasteiger partial charge on any atom is -0.496 e. The lowest BCUT2D eigenvalue weighted by atomic mass is 10.1. The fourth-order valence-electron chi connectivity index (χ4n) is 2.98. The van der Waals surface area contributed by atoms with Crippen molar-refractivity contribution in [3.63, 3.8) is 0 Å². The number of ether oxygens (including phenoxy) is 2. The molecule has 146 valence electrons. The van der Waals surface area contributed by atoms with E-state index in [0.717, 1.165) is 49.0 Å². The monoisotopic (exact) mass is 501 g/mol. The van der Waals surface area contributed by atoms with Gasteiger partial charge in [-0.25, -0.2) is 0 Å². The highest BCUT2D eigenvalue weighted by Crippen LogP contribution is 2.26. The van der Waals surface area contributed by atoms with E-state index >= 15 is 0 Å². The fourth-order valence-corrected chi connectivity index (χ4v) is 3.15. The van der Waals surface area contributed by atoms with Gasteiger partial charge in [-0.1, -0.05) is 29.8 Å². The van der Waals surface area contributed by atoms with E-state index in [4.69, 9.17) is 21.1 Å². The molecule has 0 aromatic heterocycles. The summed E-state index contributed by atoms with van der Waals surface area (Å²) in [5.74, 6) is 2.54. The van der Waals surface area contributed by atoms with E-state index in [9.17, 15) is 0 Å². The van der Waals surface area contributed by atoms with E-state index in [1.807, 2.05) is 18.2 Å². The standard InChI is InChI=1S/C20H24ClN3O2.HI/c1-22-20(24-13-16-4-5-17(21)12-19(16)25-2)23-9-7-14-3-6-18-15(11-14)8-10-26-18;/h3-6,11-12H,7-10,13H2,1-2H3,(H2,22,23,24);1H. The van der Waals surface area contributed by atoms with Gasteiger partial charge in [0.15, 0.2) is 5.96 Å². The molecule has 2 aromatic rings. The minimum absolute atomic E-state index is 0. The van der Waals surface area contributed by atoms with Crippen LogP contribution in [0.2, 0.25) is 5.02 Å². The van der Waals surface area contributed by atoms with E-state index in [1.54, 1.807) is 14.2 Å². The van der Waals surface area contributed by atoms with Gasteiger partial charge < -0.3 is 20.1 Å². The number of guanidine groups is 1. The number of rotatable bonds is 6. The van der Waals surface area contributed by atoms with Gasteiger partial charge in [0.05, 0.1) is 13.7 Å². The first kappa shape index (κ1) is 21.6. The molecule has 5 nitrogen and oxygen atoms in total. The Hall–Kier alpha value is -1.67. The van der Waals surface area contributed by atoms with Crippen molar-refractivity contribution >= 4 is 41.5 Å². The first-order valence-electron chi connectivity index (χ1n) is 8.71. The Morgan fingerprint density at radius 1 is 1.22 bits per heavy atom. The Bertz CT molecular complexity index is 799. The number of aliphatic imine (C=N–C) groups is 1. The van der Waals surface area contributed by atoms with Crippen LogP contribution < -0.4 is 20.1 Å². The van der Waals surface area contributed by atoms with Crippen LogP contribution >= 0.6 is 35.6 Å². The van der Waals surface area contributed by atoms with Crippen molar-refractivity contribution < 1.29 is 9.47 Å². The zero-order valence-electron chi connectivity index (χ0n) is 15.5. The minimum atomic E-state index is 0. The summed E-state index contributed by atoms with van der Waals surface area (Å²) in [7, 11) is 3.41. The van der Waals surface area contributed by atoms with Gasteiger partial charge in [-0.15, -0.1) is 24.0 Å². The number of hydrogen-bond acceptors (Lipinski definition) is 3. The number of fused-ring (bicyclic) bond motifs is 1. The van der Waals surface area contributed by atoms with Gasteiger partial charge in [-0.05, 0) is 35.7 Å². The highest BCUT2D eigenvalue weighted by Gasteiger charge is 2.12. The number of nitrogens with one attached hydrogen (secondary N) is 2. The highest BCUT2D eigenvalue weighted by molar-refractivity contribution is 14.0. The normalized spacial score (nSPS) is 12.6. The summed E-state index contributed by atoms with van der Waals surface area (Å²) >= 11 is 6.00. The summed E-state index contributed by atoms with van der Waals surface area (Å²) in [4.78, 5) is 4.27. The quantitative estimate of drug-likeness (QED) is 0.359. The average Bonchev–Trinajstić information content (AvgIpc) is 3.13. The lowest BCUT2D eigenvalue weighted by molar-refractivity contribution is 0.357. The molecule has 0 radical (unpaired) electrons. The third kappa shape index (κ3) is 5.90. The molecule has 1 aliphatic heterocycles. The van der Waals surface area contributed by atoms with Crippen molar-refractivity contribution in [2.24, 2.45) is 4.99 Å². The maximum absolute atomic E-state index is 6.00. The Kier molecular flexibility index (Phi) is 8.50. The van der Waals surface area contributed by atoms with Gasteiger partial charge in [0.1, 0.15) is 11.5 Å². The molecule has 7 heteroatoms. The smallest absolute Gasteiger partial charge is 0.191 e. The zero-order valence-corrected chi connectivity index (χ0v) is 18.6. The summed E-state index contributed by atoms with van der Waals surface area (Å²) in [6, 6.07) is 12.0. The van der Waals surface area contributed by atoms with Crippen molar-refractivity contribution in [2.45, 2.75) is 19.4 Å². The molecule has 27 heavy (non-hydrogen) atoms. The summed E-state index contributed by atoms with van der Waals surface area (Å²) in [5, 5.41) is 7.31. The van der Waals surface area contributed by atoms with Crippen molar-refractivity contribution in [2.75, 3.05) is 27.3 Å². The van der Waals surface area contributed by atoms with Crippen LogP contribution in [-0.2, 0) is 19.4 Å². The molecule has 0 bridgehead atoms. The van der Waals surface area contributed by atoms with Gasteiger partial charge in [-0.3, -0.25) is 4.99 Å². The maximum atomic E-state index is 6.00. The van der Waals surface area contributed by atoms with Crippen molar-refractivity contribution in [3.8, 4) is 11.5 Å². The van der Waals surface area contributed by atoms with Gasteiger partial charge in [-0.2, -0.15) is 0 Å². The first-order chi connectivity index (χ1) is 12.7. The summed E-state index contributed by atoms with van der Waals surface area (Å²) < 4.78 is 10.9. The summed E-state index contributed by atoms with van der Waals surface area (Å²) in [6.07, 6.45) is 1.93. The second-order valence-corrected chi connectivity index (χ2v) is 6.54. The van der Waals surface area contributed by atoms with Gasteiger partial charge in [0, 0.05) is 37.1 Å². The molecular weight excluding hydrogens is 477 g/mol. The fraction of sp³-hybridized carbons (Fsp3) is 0.350. The molecule has 0 atom stereocenters. The van der Waals surface area contributed by atoms with Gasteiger partial charge in [0.25, 0.3) is 0 Å². The van der Waals surface area contributed by atoms with Gasteiger partial charge in [0.2, 0.25) is 0 Å². The van der Waals surface area contributed by atoms with E-state index in [2.05, 4.69) is 33.8 Å². The lowest BCUT2D eigenvalue weighted by Crippen LogP contribution is -2.37. The van der Waals surface area contributed by atoms with Gasteiger partial charge >= 0.3 is 0 Å². The van der Waals surface area contributed by atoms with E-state index in [0.29, 0.717) is 11.6 Å². The molecular formula is C20H25ClIN3O2. The molecule has 0 fully saturated rings. The molecule has 0 spiro atoms. The Morgan fingerprint density at radius 2 is 2.07 bits per heavy atom. The summed E-state index contributed by atoms with van der Waals surface area (Å²) in [6.45, 7) is 2.20. The van der Waals surface area contributed by atoms with E-state index in [-0.39, 0.29) is 24.0 Å². The predicted octanol–water partition coefficient (Wildman–Crippen LogP) is 3.81. The Balaban J connectivity index is 0.00000261. The third-order valence-corrected chi connectivity index (χ3v) is 4.61. The number of benzene rings is 2. The van der Waals surface area contributed by atoms with E-state index < -0.39 is 0 Å². The SMILES string of the molecule is CN=C(NCCc1ccc2c(c1)CCO2)NCc1ccc(Cl)cc1OC.I. The molecule has 2 N–H and O–H groups in total. The second kappa shape index (κ2) is 10.6. The Morgan fingerprint density at radius 3 is 2.85 bits per heavy atom. The molecule has 1 heterocycles. The average molecular weight is 502 g/mol. The number of methoxy groups -OCH3 is 1. The molecule has 2 aromatic carbocycles. The van der Waals surface area contributed by atoms with Crippen LogP contribution in [0.4, 0.5) is 0 Å². The molecule has 0 saturated heterocycles. The molecule has 0 amide bonds. The molecule has 0 unspecified atom stereocenters. The van der Waals surface area contributed by atoms with Crippen molar-refractivity contribution in [3.05, 3.63) is 58.1 Å². The van der Waals surface area contributed by atoms with Crippen LogP contribution in [0.15, 0.2) is 41.4 Å². The van der Waals surface area contributed by atoms with Crippen LogP contribution in [0, 0.1) is 0 Å². The molecule has 1 aliphatic rings. The molecule has 0 aliphatic carbocycles. The van der Waals surface area contributed by atoms with Crippen LogP contribution in [0.3, 0.4) is 0 Å². The van der Waals surface area contributed by atoms with Crippen LogP contribution in [0.5, 0.6) is 11.5 Å². The van der Waals surface area contributed by atoms with Crippen LogP contribution in [0.25, 0.3) is 0 Å². The second-order valence-electron chi connectivity index (χ2n) is 6.10. The lowest BCUT2D eigenvalue weighted by Gasteiger charge is -2.14. The highest BCUT2D eigenvalue weighted by atomic mass is 127. The third-order valence-electron chi connectivity index (χ3n) is 4.38. The zero-order chi connectivity index (χ0) is 18.4. The predicted molar refractivity (Wildman–Crippen MR) is 121 cm³/mol. The molecule has 0 saturated carbocycles. The Labute approximate surface area is 182 Å². The van der Waals surface area contributed by atoms with Crippen molar-refractivity contribution in [1.29, 1.82) is 0 Å². The number of nitrogens with zero attached hydrogens (tertiary/aromatic N) is 1. The first-order valence-corrected chi connectivity index (χ1v) is 9.09. The van der Waals surface area contributed by atoms with Crippen LogP contribution in [-0.4, -0.2) is 33.3 Å². The maximum Gasteiger partial charge on any atom is 0.191 e. The largest absolute Gasteiger partial charge is 0.496 e. The number of hydrogen-bond donors (Lipinski definition) is 2. The van der Waals surface area contributed by atoms with E-state index in [1.165, 1.54) is 11.1 Å². The topological polar surface area (TPSA) is 54.9 Å². The molecule has 3 rings (SSSR count). The van der Waals surface area contributed by atoms with Crippen LogP contribution in [0.1, 0.15) is 16.7 Å². The summed E-state index contributed by atoms with van der Waals surface area (Å²) in [5.41, 5.74) is 3.63. The number of halogens is 2.